The topological polar surface area (TPSA) is 72.2 Å². The van der Waals surface area contributed by atoms with Crippen LogP contribution in [0.4, 0.5) is 32.0 Å². The minimum atomic E-state index is -4.55. The first-order valence-electron chi connectivity index (χ1n) is 5.14. The first-order valence-corrected chi connectivity index (χ1v) is 5.14. The summed E-state index contributed by atoms with van der Waals surface area (Å²) < 4.78 is 75.3. The van der Waals surface area contributed by atoms with Gasteiger partial charge in [0.15, 0.2) is 0 Å². The number of rotatable bonds is 5. The van der Waals surface area contributed by atoms with Gasteiger partial charge in [0.25, 0.3) is 5.91 Å². The van der Waals surface area contributed by atoms with Crippen molar-refractivity contribution in [2.24, 2.45) is 0 Å². The molecule has 1 aromatic rings. The number of carbonyl (C=O) groups excluding carboxylic acids is 1. The van der Waals surface area contributed by atoms with E-state index in [2.05, 4.69) is 0 Å². The van der Waals surface area contributed by atoms with Crippen LogP contribution in [0.15, 0.2) is 12.1 Å². The number of nitrogens with zero attached hydrogens (tertiary/aromatic N) is 1. The van der Waals surface area contributed by atoms with E-state index in [0.717, 1.165) is 0 Å². The third-order valence-corrected chi connectivity index (χ3v) is 2.28. The highest BCUT2D eigenvalue weighted by molar-refractivity contribution is 5.94. The number of nitro benzene ring substituents is 1. The van der Waals surface area contributed by atoms with Gasteiger partial charge in [-0.15, -0.1) is 0 Å². The van der Waals surface area contributed by atoms with Gasteiger partial charge in [0, 0.05) is 0 Å². The van der Waals surface area contributed by atoms with Crippen molar-refractivity contribution in [1.82, 2.24) is 5.32 Å². The largest absolute Gasteiger partial charge is 0.346 e. The fraction of sp³-hybridized carbons (Fsp3) is 0.300. The third-order valence-electron chi connectivity index (χ3n) is 2.28. The van der Waals surface area contributed by atoms with Gasteiger partial charge < -0.3 is 5.32 Å². The fourth-order valence-corrected chi connectivity index (χ4v) is 1.22. The van der Waals surface area contributed by atoms with Crippen molar-refractivity contribution in [3.8, 4) is 0 Å². The number of amides is 1. The van der Waals surface area contributed by atoms with Gasteiger partial charge in [-0.1, -0.05) is 0 Å². The number of benzene rings is 1. The lowest BCUT2D eigenvalue weighted by molar-refractivity contribution is -0.387. The van der Waals surface area contributed by atoms with Crippen molar-refractivity contribution >= 4 is 11.6 Å². The van der Waals surface area contributed by atoms with E-state index in [0.29, 0.717) is 0 Å². The van der Waals surface area contributed by atoms with Crippen molar-refractivity contribution in [2.75, 3.05) is 6.54 Å². The zero-order chi connectivity index (χ0) is 16.4. The predicted octanol–water partition coefficient (Wildman–Crippen LogP) is 2.50. The number of alkyl halides is 4. The molecular formula is C10H6F6N2O3. The van der Waals surface area contributed by atoms with E-state index in [4.69, 9.17) is 0 Å². The molecule has 11 heteroatoms. The van der Waals surface area contributed by atoms with Crippen LogP contribution >= 0.6 is 0 Å². The van der Waals surface area contributed by atoms with E-state index in [1.165, 1.54) is 5.32 Å². The van der Waals surface area contributed by atoms with Gasteiger partial charge in [-0.05, 0) is 6.07 Å². The molecule has 0 atom stereocenters. The van der Waals surface area contributed by atoms with Gasteiger partial charge in [-0.3, -0.25) is 14.9 Å². The van der Waals surface area contributed by atoms with Gasteiger partial charge in [0.05, 0.1) is 23.1 Å². The fourth-order valence-electron chi connectivity index (χ4n) is 1.22. The van der Waals surface area contributed by atoms with Crippen LogP contribution < -0.4 is 5.32 Å². The van der Waals surface area contributed by atoms with Crippen LogP contribution in [-0.2, 0) is 0 Å². The summed E-state index contributed by atoms with van der Waals surface area (Å²) in [5.41, 5.74) is -2.38. The molecule has 0 unspecified atom stereocenters. The van der Waals surface area contributed by atoms with Crippen LogP contribution in [0.1, 0.15) is 10.4 Å². The molecule has 1 N–H and O–H groups in total. The van der Waals surface area contributed by atoms with Crippen LogP contribution in [0.3, 0.4) is 0 Å². The number of nitrogens with one attached hydrogen (secondary N) is 1. The lowest BCUT2D eigenvalue weighted by Crippen LogP contribution is -2.41. The Bertz CT molecular complexity index is 578. The Balaban J connectivity index is 2.94. The molecule has 0 saturated carbocycles. The van der Waals surface area contributed by atoms with E-state index in [9.17, 15) is 41.3 Å². The zero-order valence-electron chi connectivity index (χ0n) is 9.88. The van der Waals surface area contributed by atoms with E-state index in [1.807, 2.05) is 0 Å². The quantitative estimate of drug-likeness (QED) is 0.515. The molecule has 0 spiro atoms. The van der Waals surface area contributed by atoms with Crippen molar-refractivity contribution in [2.45, 2.75) is 12.3 Å². The van der Waals surface area contributed by atoms with Crippen LogP contribution in [0.2, 0.25) is 0 Å². The van der Waals surface area contributed by atoms with Crippen LogP contribution in [0.5, 0.6) is 0 Å². The van der Waals surface area contributed by atoms with Crippen LogP contribution in [0.25, 0.3) is 0 Å². The Morgan fingerprint density at radius 1 is 1.29 bits per heavy atom. The third kappa shape index (κ3) is 3.83. The molecule has 1 amide bonds. The standard InChI is InChI=1S/C10H6F6N2O3/c11-5-2-7(18(20)21)6(12)1-4(5)8(19)17-3-10(15,16)9(13)14/h1-2,9H,3H2,(H,17,19). The number of halogens is 6. The zero-order valence-corrected chi connectivity index (χ0v) is 9.88. The van der Waals surface area contributed by atoms with Crippen molar-refractivity contribution in [1.29, 1.82) is 0 Å². The molecule has 0 aliphatic heterocycles. The lowest BCUT2D eigenvalue weighted by Gasteiger charge is -2.15. The number of carbonyl (C=O) groups is 1. The summed E-state index contributed by atoms with van der Waals surface area (Å²) in [6.07, 6.45) is -4.06. The monoisotopic (exact) mass is 316 g/mol. The Morgan fingerprint density at radius 3 is 2.33 bits per heavy atom. The maximum Gasteiger partial charge on any atom is 0.324 e. The van der Waals surface area contributed by atoms with Gasteiger partial charge >= 0.3 is 18.0 Å². The summed E-state index contributed by atoms with van der Waals surface area (Å²) in [4.78, 5) is 20.3. The number of hydrogen-bond donors (Lipinski definition) is 1. The molecule has 0 bridgehead atoms. The van der Waals surface area contributed by atoms with Gasteiger partial charge in [0.1, 0.15) is 5.82 Å². The maximum atomic E-state index is 13.4. The average Bonchev–Trinajstić information content (AvgIpc) is 2.37. The minimum Gasteiger partial charge on any atom is -0.346 e. The summed E-state index contributed by atoms with van der Waals surface area (Å²) in [6, 6.07) is 0.193. The van der Waals surface area contributed by atoms with Crippen LogP contribution in [-0.4, -0.2) is 29.7 Å². The number of hydrogen-bond acceptors (Lipinski definition) is 3. The first kappa shape index (κ1) is 16.7. The first-order chi connectivity index (χ1) is 9.56. The molecule has 0 aliphatic rings. The van der Waals surface area contributed by atoms with Gasteiger partial charge in [-0.25, -0.2) is 13.2 Å². The van der Waals surface area contributed by atoms with Crippen LogP contribution in [0, 0.1) is 21.7 Å². The molecular weight excluding hydrogens is 310 g/mol. The molecule has 0 fully saturated rings. The Labute approximate surface area is 112 Å². The molecule has 1 rings (SSSR count). The molecule has 116 valence electrons. The van der Waals surface area contributed by atoms with Gasteiger partial charge in [-0.2, -0.15) is 13.2 Å². The second-order valence-corrected chi connectivity index (χ2v) is 3.78. The smallest absolute Gasteiger partial charge is 0.324 e. The minimum absolute atomic E-state index is 0.0789. The molecule has 1 aromatic carbocycles. The lowest BCUT2D eigenvalue weighted by atomic mass is 10.1. The van der Waals surface area contributed by atoms with Crippen molar-refractivity contribution < 1.29 is 36.1 Å². The molecule has 0 heterocycles. The Morgan fingerprint density at radius 2 is 1.86 bits per heavy atom. The Kier molecular flexibility index (Phi) is 4.76. The molecule has 0 saturated heterocycles. The summed E-state index contributed by atoms with van der Waals surface area (Å²) >= 11 is 0. The van der Waals surface area contributed by atoms with E-state index in [1.54, 1.807) is 0 Å². The molecule has 0 aliphatic carbocycles. The summed E-state index contributed by atoms with van der Waals surface area (Å²) in [6.45, 7) is -1.80. The maximum absolute atomic E-state index is 13.4. The highest BCUT2D eigenvalue weighted by Crippen LogP contribution is 2.23. The van der Waals surface area contributed by atoms with E-state index < -0.39 is 52.6 Å². The molecule has 21 heavy (non-hydrogen) atoms. The molecule has 5 nitrogen and oxygen atoms in total. The number of nitro groups is 1. The van der Waals surface area contributed by atoms with Gasteiger partial charge in [0.2, 0.25) is 5.82 Å². The SMILES string of the molecule is O=C(NCC(F)(F)C(F)F)c1cc(F)c([N+](=O)[O-])cc1F. The Hall–Kier alpha value is -2.33. The van der Waals surface area contributed by atoms with Crippen molar-refractivity contribution in [3.05, 3.63) is 39.4 Å². The normalized spacial score (nSPS) is 11.6. The molecule has 0 aromatic heterocycles. The summed E-state index contributed by atoms with van der Waals surface area (Å²) in [5.74, 6) is -9.29. The second kappa shape index (κ2) is 5.97. The highest BCUT2D eigenvalue weighted by Gasteiger charge is 2.41. The summed E-state index contributed by atoms with van der Waals surface area (Å²) in [7, 11) is 0. The molecule has 0 radical (unpaired) electrons. The highest BCUT2D eigenvalue weighted by atomic mass is 19.3. The van der Waals surface area contributed by atoms with E-state index >= 15 is 0 Å². The summed E-state index contributed by atoms with van der Waals surface area (Å²) in [5, 5.41) is 11.6. The second-order valence-electron chi connectivity index (χ2n) is 3.78. The van der Waals surface area contributed by atoms with E-state index in [-0.39, 0.29) is 12.1 Å². The average molecular weight is 316 g/mol. The predicted molar refractivity (Wildman–Crippen MR) is 56.3 cm³/mol. The van der Waals surface area contributed by atoms with Crippen molar-refractivity contribution in [3.63, 3.8) is 0 Å².